The molecule has 114 valence electrons. The zero-order chi connectivity index (χ0) is 13.9. The lowest BCUT2D eigenvalue weighted by Gasteiger charge is -2.24. The van der Waals surface area contributed by atoms with Gasteiger partial charge < -0.3 is 10.1 Å². The number of rotatable bonds is 4. The van der Waals surface area contributed by atoms with Crippen molar-refractivity contribution in [3.05, 3.63) is 42.0 Å². The Bertz CT molecular complexity index is 596. The SMILES string of the molecule is COc1ccc(CN(C)C2CCNC2)c2ccccc12.Cl. The van der Waals surface area contributed by atoms with Crippen molar-refractivity contribution in [3.63, 3.8) is 0 Å². The lowest BCUT2D eigenvalue weighted by molar-refractivity contribution is 0.249. The summed E-state index contributed by atoms with van der Waals surface area (Å²) in [6.45, 7) is 3.22. The van der Waals surface area contributed by atoms with Crippen molar-refractivity contribution in [1.29, 1.82) is 0 Å². The Labute approximate surface area is 132 Å². The van der Waals surface area contributed by atoms with Crippen molar-refractivity contribution in [2.75, 3.05) is 27.2 Å². The van der Waals surface area contributed by atoms with Crippen molar-refractivity contribution in [1.82, 2.24) is 10.2 Å². The maximum absolute atomic E-state index is 5.46. The number of fused-ring (bicyclic) bond motifs is 1. The summed E-state index contributed by atoms with van der Waals surface area (Å²) >= 11 is 0. The van der Waals surface area contributed by atoms with Crippen LogP contribution in [0.2, 0.25) is 0 Å². The molecule has 0 aromatic heterocycles. The quantitative estimate of drug-likeness (QED) is 0.939. The van der Waals surface area contributed by atoms with E-state index in [1.807, 2.05) is 0 Å². The van der Waals surface area contributed by atoms with Crippen LogP contribution >= 0.6 is 12.4 Å². The first kappa shape index (κ1) is 16.1. The second-order valence-corrected chi connectivity index (χ2v) is 5.53. The highest BCUT2D eigenvalue weighted by atomic mass is 35.5. The van der Waals surface area contributed by atoms with Gasteiger partial charge in [0.05, 0.1) is 7.11 Å². The normalized spacial score (nSPS) is 18.0. The van der Waals surface area contributed by atoms with Crippen molar-refractivity contribution in [2.45, 2.75) is 19.0 Å². The summed E-state index contributed by atoms with van der Waals surface area (Å²) < 4.78 is 5.46. The largest absolute Gasteiger partial charge is 0.496 e. The molecule has 3 nitrogen and oxygen atoms in total. The lowest BCUT2D eigenvalue weighted by atomic mass is 10.0. The van der Waals surface area contributed by atoms with Crippen molar-refractivity contribution < 1.29 is 4.74 Å². The van der Waals surface area contributed by atoms with E-state index in [1.54, 1.807) is 7.11 Å². The number of halogens is 1. The summed E-state index contributed by atoms with van der Waals surface area (Å²) in [6.07, 6.45) is 1.24. The Balaban J connectivity index is 0.00000161. The van der Waals surface area contributed by atoms with Crippen LogP contribution in [0.25, 0.3) is 10.8 Å². The van der Waals surface area contributed by atoms with E-state index >= 15 is 0 Å². The third kappa shape index (κ3) is 3.31. The number of likely N-dealkylation sites (N-methyl/N-ethyl adjacent to an activating group) is 1. The molecule has 1 atom stereocenters. The van der Waals surface area contributed by atoms with Gasteiger partial charge in [0, 0.05) is 24.5 Å². The Hall–Kier alpha value is -1.29. The van der Waals surface area contributed by atoms with Crippen LogP contribution in [-0.4, -0.2) is 38.2 Å². The number of ether oxygens (including phenoxy) is 1. The standard InChI is InChI=1S/C17H22N2O.ClH/c1-19(14-9-10-18-11-14)12-13-7-8-17(20-2)16-6-4-3-5-15(13)16;/h3-8,14,18H,9-12H2,1-2H3;1H. The molecule has 1 heterocycles. The van der Waals surface area contributed by atoms with E-state index in [-0.39, 0.29) is 12.4 Å². The predicted octanol–water partition coefficient (Wildman–Crippen LogP) is 3.06. The number of benzene rings is 2. The molecule has 3 rings (SSSR count). The van der Waals surface area contributed by atoms with Gasteiger partial charge in [0.2, 0.25) is 0 Å². The Morgan fingerprint density at radius 1 is 1.19 bits per heavy atom. The van der Waals surface area contributed by atoms with Crippen molar-refractivity contribution in [2.24, 2.45) is 0 Å². The minimum atomic E-state index is 0. The van der Waals surface area contributed by atoms with Crippen molar-refractivity contribution >= 4 is 23.2 Å². The van der Waals surface area contributed by atoms with E-state index in [0.29, 0.717) is 6.04 Å². The average Bonchev–Trinajstić information content (AvgIpc) is 3.02. The molecule has 1 fully saturated rings. The second kappa shape index (κ2) is 7.12. The molecule has 1 aliphatic rings. The molecule has 4 heteroatoms. The van der Waals surface area contributed by atoms with Gasteiger partial charge in [-0.2, -0.15) is 0 Å². The van der Waals surface area contributed by atoms with E-state index in [2.05, 4.69) is 53.7 Å². The van der Waals surface area contributed by atoms with E-state index in [0.717, 1.165) is 25.4 Å². The highest BCUT2D eigenvalue weighted by Crippen LogP contribution is 2.29. The Morgan fingerprint density at radius 2 is 1.95 bits per heavy atom. The van der Waals surface area contributed by atoms with Crippen molar-refractivity contribution in [3.8, 4) is 5.75 Å². The number of hydrogen-bond acceptors (Lipinski definition) is 3. The first-order valence-electron chi connectivity index (χ1n) is 7.25. The highest BCUT2D eigenvalue weighted by Gasteiger charge is 2.19. The van der Waals surface area contributed by atoms with Gasteiger partial charge in [-0.3, -0.25) is 4.90 Å². The maximum Gasteiger partial charge on any atom is 0.126 e. The van der Waals surface area contributed by atoms with E-state index in [1.165, 1.54) is 22.8 Å². The number of hydrogen-bond donors (Lipinski definition) is 1. The van der Waals surface area contributed by atoms with Gasteiger partial charge in [-0.05, 0) is 37.0 Å². The van der Waals surface area contributed by atoms with Crippen LogP contribution in [0, 0.1) is 0 Å². The topological polar surface area (TPSA) is 24.5 Å². The summed E-state index contributed by atoms with van der Waals surface area (Å²) in [4.78, 5) is 2.45. The maximum atomic E-state index is 5.46. The summed E-state index contributed by atoms with van der Waals surface area (Å²) in [5.74, 6) is 0.953. The Morgan fingerprint density at radius 3 is 2.62 bits per heavy atom. The van der Waals surface area contributed by atoms with Gasteiger partial charge in [0.25, 0.3) is 0 Å². The molecular weight excluding hydrogens is 284 g/mol. The molecule has 1 saturated heterocycles. The molecule has 0 amide bonds. The average molecular weight is 307 g/mol. The molecule has 0 saturated carbocycles. The molecule has 1 unspecified atom stereocenters. The van der Waals surface area contributed by atoms with Gasteiger partial charge in [-0.25, -0.2) is 0 Å². The fraction of sp³-hybridized carbons (Fsp3) is 0.412. The highest BCUT2D eigenvalue weighted by molar-refractivity contribution is 5.91. The molecule has 2 aromatic rings. The predicted molar refractivity (Wildman–Crippen MR) is 90.5 cm³/mol. The van der Waals surface area contributed by atoms with Crippen LogP contribution in [-0.2, 0) is 6.54 Å². The summed E-state index contributed by atoms with van der Waals surface area (Å²) in [5, 5.41) is 5.93. The minimum absolute atomic E-state index is 0. The van der Waals surface area contributed by atoms with Crippen LogP contribution in [0.15, 0.2) is 36.4 Å². The van der Waals surface area contributed by atoms with Gasteiger partial charge in [-0.1, -0.05) is 30.3 Å². The summed E-state index contributed by atoms with van der Waals surface area (Å²) in [5.41, 5.74) is 1.37. The molecule has 2 aromatic carbocycles. The van der Waals surface area contributed by atoms with E-state index < -0.39 is 0 Å². The molecule has 0 spiro atoms. The molecule has 1 aliphatic heterocycles. The number of nitrogens with zero attached hydrogens (tertiary/aromatic N) is 1. The number of methoxy groups -OCH3 is 1. The molecule has 1 N–H and O–H groups in total. The molecular formula is C17H23ClN2O. The monoisotopic (exact) mass is 306 g/mol. The van der Waals surface area contributed by atoms with Gasteiger partial charge in [-0.15, -0.1) is 12.4 Å². The zero-order valence-corrected chi connectivity index (χ0v) is 13.5. The molecule has 0 aliphatic carbocycles. The zero-order valence-electron chi connectivity index (χ0n) is 12.6. The fourth-order valence-electron chi connectivity index (χ4n) is 3.06. The van der Waals surface area contributed by atoms with Gasteiger partial charge in [0.1, 0.15) is 5.75 Å². The van der Waals surface area contributed by atoms with Crippen LogP contribution in [0.3, 0.4) is 0 Å². The Kier molecular flexibility index (Phi) is 5.45. The lowest BCUT2D eigenvalue weighted by Crippen LogP contribution is -2.32. The fourth-order valence-corrected chi connectivity index (χ4v) is 3.06. The molecule has 21 heavy (non-hydrogen) atoms. The van der Waals surface area contributed by atoms with Gasteiger partial charge >= 0.3 is 0 Å². The van der Waals surface area contributed by atoms with Crippen LogP contribution in [0.5, 0.6) is 5.75 Å². The molecule has 0 radical (unpaired) electrons. The summed E-state index contributed by atoms with van der Waals surface area (Å²) in [6, 6.07) is 13.4. The molecule has 0 bridgehead atoms. The van der Waals surface area contributed by atoms with Crippen LogP contribution < -0.4 is 10.1 Å². The smallest absolute Gasteiger partial charge is 0.126 e. The summed E-state index contributed by atoms with van der Waals surface area (Å²) in [7, 11) is 3.95. The van der Waals surface area contributed by atoms with Crippen LogP contribution in [0.4, 0.5) is 0 Å². The van der Waals surface area contributed by atoms with Gasteiger partial charge in [0.15, 0.2) is 0 Å². The van der Waals surface area contributed by atoms with E-state index in [9.17, 15) is 0 Å². The number of nitrogens with one attached hydrogen (secondary N) is 1. The third-order valence-corrected chi connectivity index (χ3v) is 4.27. The second-order valence-electron chi connectivity index (χ2n) is 5.53. The first-order valence-corrected chi connectivity index (χ1v) is 7.25. The minimum Gasteiger partial charge on any atom is -0.496 e. The third-order valence-electron chi connectivity index (χ3n) is 4.27. The van der Waals surface area contributed by atoms with E-state index in [4.69, 9.17) is 4.74 Å². The van der Waals surface area contributed by atoms with Crippen LogP contribution in [0.1, 0.15) is 12.0 Å². The first-order chi connectivity index (χ1) is 9.79.